The minimum absolute atomic E-state index is 0.113. The summed E-state index contributed by atoms with van der Waals surface area (Å²) in [5.41, 5.74) is 9.06. The third-order valence-corrected chi connectivity index (χ3v) is 4.65. The third kappa shape index (κ3) is 2.00. The average molecular weight is 296 g/mol. The SMILES string of the molecule is NC1(c2cc(Br)c3c(c2)CCO3)CCCCC1. The molecule has 1 aliphatic carbocycles. The molecule has 17 heavy (non-hydrogen) atoms. The van der Waals surface area contributed by atoms with Crippen LogP contribution in [0.15, 0.2) is 16.6 Å². The van der Waals surface area contributed by atoms with Gasteiger partial charge in [-0.05, 0) is 46.0 Å². The van der Waals surface area contributed by atoms with Crippen LogP contribution in [0.4, 0.5) is 0 Å². The zero-order valence-electron chi connectivity index (χ0n) is 9.97. The number of rotatable bonds is 1. The van der Waals surface area contributed by atoms with Crippen molar-refractivity contribution in [2.75, 3.05) is 6.61 Å². The lowest BCUT2D eigenvalue weighted by atomic mass is 9.77. The van der Waals surface area contributed by atoms with Gasteiger partial charge in [0, 0.05) is 12.0 Å². The van der Waals surface area contributed by atoms with Gasteiger partial charge in [0.2, 0.25) is 0 Å². The molecule has 0 atom stereocenters. The Balaban J connectivity index is 2.00. The first kappa shape index (κ1) is 11.5. The Morgan fingerprint density at radius 1 is 1.18 bits per heavy atom. The Kier molecular flexibility index (Phi) is 2.91. The average Bonchev–Trinajstić information content (AvgIpc) is 2.78. The maximum atomic E-state index is 6.58. The molecule has 0 radical (unpaired) electrons. The van der Waals surface area contributed by atoms with Crippen LogP contribution >= 0.6 is 15.9 Å². The second kappa shape index (κ2) is 4.29. The normalized spacial score (nSPS) is 22.0. The number of nitrogens with two attached hydrogens (primary N) is 1. The number of hydrogen-bond donors (Lipinski definition) is 1. The fraction of sp³-hybridized carbons (Fsp3) is 0.571. The van der Waals surface area contributed by atoms with Crippen LogP contribution in [0.5, 0.6) is 5.75 Å². The summed E-state index contributed by atoms with van der Waals surface area (Å²) in [6, 6.07) is 4.42. The summed E-state index contributed by atoms with van der Waals surface area (Å²) in [7, 11) is 0. The molecule has 2 aliphatic rings. The molecule has 0 spiro atoms. The van der Waals surface area contributed by atoms with Gasteiger partial charge >= 0.3 is 0 Å². The monoisotopic (exact) mass is 295 g/mol. The maximum absolute atomic E-state index is 6.58. The lowest BCUT2D eigenvalue weighted by molar-refractivity contribution is 0.302. The van der Waals surface area contributed by atoms with Gasteiger partial charge in [-0.25, -0.2) is 0 Å². The maximum Gasteiger partial charge on any atom is 0.136 e. The van der Waals surface area contributed by atoms with Crippen LogP contribution in [0.2, 0.25) is 0 Å². The topological polar surface area (TPSA) is 35.2 Å². The minimum atomic E-state index is -0.113. The molecule has 0 unspecified atom stereocenters. The first-order valence-corrected chi connectivity index (χ1v) is 7.23. The summed E-state index contributed by atoms with van der Waals surface area (Å²) in [5, 5.41) is 0. The fourth-order valence-corrected chi connectivity index (χ4v) is 3.64. The molecular formula is C14H18BrNO. The summed E-state index contributed by atoms with van der Waals surface area (Å²) < 4.78 is 6.68. The summed E-state index contributed by atoms with van der Waals surface area (Å²) in [6.45, 7) is 0.801. The first-order valence-electron chi connectivity index (χ1n) is 6.44. The smallest absolute Gasteiger partial charge is 0.136 e. The van der Waals surface area contributed by atoms with E-state index in [1.165, 1.54) is 30.4 Å². The Hall–Kier alpha value is -0.540. The molecule has 1 fully saturated rings. The predicted molar refractivity (Wildman–Crippen MR) is 72.3 cm³/mol. The van der Waals surface area contributed by atoms with Crippen LogP contribution in [-0.4, -0.2) is 6.61 Å². The van der Waals surface area contributed by atoms with Crippen LogP contribution < -0.4 is 10.5 Å². The second-order valence-electron chi connectivity index (χ2n) is 5.26. The van der Waals surface area contributed by atoms with Crippen molar-refractivity contribution in [3.63, 3.8) is 0 Å². The van der Waals surface area contributed by atoms with Gasteiger partial charge < -0.3 is 10.5 Å². The molecule has 2 nitrogen and oxygen atoms in total. The Bertz CT molecular complexity index is 438. The van der Waals surface area contributed by atoms with Gasteiger partial charge in [-0.3, -0.25) is 0 Å². The van der Waals surface area contributed by atoms with Gasteiger partial charge in [0.05, 0.1) is 11.1 Å². The number of benzene rings is 1. The number of halogens is 1. The molecule has 1 aliphatic heterocycles. The van der Waals surface area contributed by atoms with Crippen LogP contribution in [0.25, 0.3) is 0 Å². The Morgan fingerprint density at radius 2 is 1.94 bits per heavy atom. The standard InChI is InChI=1S/C14H18BrNO/c15-12-9-11(8-10-4-7-17-13(10)12)14(16)5-2-1-3-6-14/h8-9H,1-7,16H2. The van der Waals surface area contributed by atoms with E-state index < -0.39 is 0 Å². The van der Waals surface area contributed by atoms with E-state index in [1.54, 1.807) is 0 Å². The summed E-state index contributed by atoms with van der Waals surface area (Å²) in [5.74, 6) is 1.02. The molecule has 2 N–H and O–H groups in total. The minimum Gasteiger partial charge on any atom is -0.492 e. The van der Waals surface area contributed by atoms with Gasteiger partial charge in [-0.2, -0.15) is 0 Å². The van der Waals surface area contributed by atoms with E-state index in [0.717, 1.165) is 36.1 Å². The molecule has 92 valence electrons. The van der Waals surface area contributed by atoms with Crippen molar-refractivity contribution in [1.82, 2.24) is 0 Å². The lowest BCUT2D eigenvalue weighted by Crippen LogP contribution is -2.38. The van der Waals surface area contributed by atoms with E-state index in [4.69, 9.17) is 10.5 Å². The van der Waals surface area contributed by atoms with Crippen molar-refractivity contribution in [1.29, 1.82) is 0 Å². The molecule has 1 heterocycles. The highest BCUT2D eigenvalue weighted by atomic mass is 79.9. The lowest BCUT2D eigenvalue weighted by Gasteiger charge is -2.34. The molecule has 0 aromatic heterocycles. The molecular weight excluding hydrogens is 278 g/mol. The summed E-state index contributed by atoms with van der Waals surface area (Å²) >= 11 is 3.61. The number of hydrogen-bond acceptors (Lipinski definition) is 2. The molecule has 3 rings (SSSR count). The van der Waals surface area contributed by atoms with Crippen molar-refractivity contribution < 1.29 is 4.74 Å². The second-order valence-corrected chi connectivity index (χ2v) is 6.12. The van der Waals surface area contributed by atoms with Crippen molar-refractivity contribution in [3.8, 4) is 5.75 Å². The van der Waals surface area contributed by atoms with Crippen LogP contribution in [0.1, 0.15) is 43.2 Å². The summed E-state index contributed by atoms with van der Waals surface area (Å²) in [4.78, 5) is 0. The van der Waals surface area contributed by atoms with Crippen molar-refractivity contribution in [3.05, 3.63) is 27.7 Å². The van der Waals surface area contributed by atoms with Gasteiger partial charge in [0.1, 0.15) is 5.75 Å². The molecule has 1 aromatic carbocycles. The van der Waals surface area contributed by atoms with Gasteiger partial charge in [0.15, 0.2) is 0 Å². The molecule has 1 aromatic rings. The fourth-order valence-electron chi connectivity index (χ4n) is 3.02. The largest absolute Gasteiger partial charge is 0.492 e. The molecule has 1 saturated carbocycles. The van der Waals surface area contributed by atoms with Gasteiger partial charge in [-0.1, -0.05) is 25.3 Å². The highest BCUT2D eigenvalue weighted by Gasteiger charge is 2.31. The van der Waals surface area contributed by atoms with Crippen molar-refractivity contribution >= 4 is 15.9 Å². The van der Waals surface area contributed by atoms with E-state index in [-0.39, 0.29) is 5.54 Å². The van der Waals surface area contributed by atoms with E-state index in [2.05, 4.69) is 28.1 Å². The van der Waals surface area contributed by atoms with E-state index >= 15 is 0 Å². The van der Waals surface area contributed by atoms with Gasteiger partial charge in [0.25, 0.3) is 0 Å². The quantitative estimate of drug-likeness (QED) is 0.861. The number of ether oxygens (including phenoxy) is 1. The Morgan fingerprint density at radius 3 is 2.71 bits per heavy atom. The number of fused-ring (bicyclic) bond motifs is 1. The van der Waals surface area contributed by atoms with Crippen molar-refractivity contribution in [2.45, 2.75) is 44.1 Å². The molecule has 0 saturated heterocycles. The molecule has 3 heteroatoms. The van der Waals surface area contributed by atoms with Crippen LogP contribution in [0, 0.1) is 0 Å². The highest BCUT2D eigenvalue weighted by Crippen LogP contribution is 2.41. The van der Waals surface area contributed by atoms with Gasteiger partial charge in [-0.15, -0.1) is 0 Å². The molecule has 0 amide bonds. The third-order valence-electron chi connectivity index (χ3n) is 4.06. The van der Waals surface area contributed by atoms with Crippen LogP contribution in [0.3, 0.4) is 0 Å². The predicted octanol–water partition coefficient (Wildman–Crippen LogP) is 3.50. The van der Waals surface area contributed by atoms with Crippen LogP contribution in [-0.2, 0) is 12.0 Å². The van der Waals surface area contributed by atoms with E-state index in [0.29, 0.717) is 0 Å². The molecule has 0 bridgehead atoms. The van der Waals surface area contributed by atoms with Crippen molar-refractivity contribution in [2.24, 2.45) is 5.73 Å². The zero-order chi connectivity index (χ0) is 11.9. The Labute approximate surface area is 111 Å². The highest BCUT2D eigenvalue weighted by molar-refractivity contribution is 9.10. The summed E-state index contributed by atoms with van der Waals surface area (Å²) in [6.07, 6.45) is 7.06. The van der Waals surface area contributed by atoms with E-state index in [9.17, 15) is 0 Å². The zero-order valence-corrected chi connectivity index (χ0v) is 11.6. The van der Waals surface area contributed by atoms with E-state index in [1.807, 2.05) is 0 Å². The first-order chi connectivity index (χ1) is 8.19.